The summed E-state index contributed by atoms with van der Waals surface area (Å²) in [7, 11) is 0. The number of nitrogens with zero attached hydrogens (tertiary/aromatic N) is 1. The van der Waals surface area contributed by atoms with Gasteiger partial charge in [-0.25, -0.2) is 8.78 Å². The number of hydrogen-bond acceptors (Lipinski definition) is 1. The van der Waals surface area contributed by atoms with E-state index in [2.05, 4.69) is 11.9 Å². The second-order valence-electron chi connectivity index (χ2n) is 1.99. The van der Waals surface area contributed by atoms with E-state index >= 15 is 0 Å². The zero-order valence-electron chi connectivity index (χ0n) is 5.52. The Balaban J connectivity index is 3.13. The maximum atomic E-state index is 12.1. The van der Waals surface area contributed by atoms with Crippen LogP contribution in [0.5, 0.6) is 0 Å². The molecule has 11 heavy (non-hydrogen) atoms. The lowest BCUT2D eigenvalue weighted by molar-refractivity contribution is 0.150. The smallest absolute Gasteiger partial charge is 0.259 e. The summed E-state index contributed by atoms with van der Waals surface area (Å²) in [4.78, 5) is 3.58. The van der Waals surface area contributed by atoms with Crippen molar-refractivity contribution < 1.29 is 8.78 Å². The van der Waals surface area contributed by atoms with Crippen molar-refractivity contribution in [2.24, 2.45) is 0 Å². The molecule has 59 valence electrons. The molecule has 0 amide bonds. The lowest BCUT2D eigenvalue weighted by Crippen LogP contribution is -1.91. The normalized spacial score (nSPS) is 10.6. The van der Waals surface area contributed by atoms with E-state index < -0.39 is 6.43 Å². The molecule has 0 N–H and O–H groups in total. The summed E-state index contributed by atoms with van der Waals surface area (Å²) in [5, 5.41) is 0.202. The molecular weight excluding hydrogens is 172 g/mol. The van der Waals surface area contributed by atoms with Crippen LogP contribution in [0.1, 0.15) is 17.7 Å². The molecule has 1 aromatic heterocycles. The highest BCUT2D eigenvalue weighted by atomic mass is 35.5. The van der Waals surface area contributed by atoms with Crippen LogP contribution < -0.4 is 0 Å². The molecule has 0 saturated carbocycles. The molecule has 0 aliphatic rings. The number of rotatable bonds is 1. The molecule has 1 nitrogen and oxygen atoms in total. The standard InChI is InChI=1S/C7H5ClF2N/c1-4-6(7(9)10)2-5(8)3-11-4/h2-3,7H,1H2. The monoisotopic (exact) mass is 176 g/mol. The van der Waals surface area contributed by atoms with Crippen molar-refractivity contribution in [1.82, 2.24) is 4.98 Å². The van der Waals surface area contributed by atoms with Crippen molar-refractivity contribution >= 4 is 11.6 Å². The van der Waals surface area contributed by atoms with Gasteiger partial charge < -0.3 is 0 Å². The molecular formula is C7H5ClF2N. The third-order valence-corrected chi connectivity index (χ3v) is 1.41. The minimum Gasteiger partial charge on any atom is -0.259 e. The highest BCUT2D eigenvalue weighted by Gasteiger charge is 2.11. The van der Waals surface area contributed by atoms with Gasteiger partial charge in [0.05, 0.1) is 5.02 Å². The predicted octanol–water partition coefficient (Wildman–Crippen LogP) is 2.85. The topological polar surface area (TPSA) is 12.9 Å². The number of hydrogen-bond donors (Lipinski definition) is 0. The first-order valence-corrected chi connectivity index (χ1v) is 3.24. The Kier molecular flexibility index (Phi) is 2.39. The first kappa shape index (κ1) is 8.40. The van der Waals surface area contributed by atoms with Crippen LogP contribution in [0, 0.1) is 6.92 Å². The molecule has 0 aliphatic carbocycles. The van der Waals surface area contributed by atoms with E-state index in [0.717, 1.165) is 0 Å². The third kappa shape index (κ3) is 1.87. The highest BCUT2D eigenvalue weighted by molar-refractivity contribution is 6.30. The van der Waals surface area contributed by atoms with Gasteiger partial charge in [-0.1, -0.05) is 11.6 Å². The van der Waals surface area contributed by atoms with Crippen molar-refractivity contribution in [3.8, 4) is 0 Å². The Morgan fingerprint density at radius 3 is 2.64 bits per heavy atom. The molecule has 1 aromatic rings. The predicted molar refractivity (Wildman–Crippen MR) is 38.7 cm³/mol. The molecule has 0 fully saturated rings. The van der Waals surface area contributed by atoms with Crippen LogP contribution in [0.3, 0.4) is 0 Å². The van der Waals surface area contributed by atoms with E-state index in [9.17, 15) is 8.78 Å². The summed E-state index contributed by atoms with van der Waals surface area (Å²) in [6, 6.07) is 1.17. The molecule has 1 rings (SSSR count). The van der Waals surface area contributed by atoms with Gasteiger partial charge in [-0.3, -0.25) is 4.98 Å². The van der Waals surface area contributed by atoms with Gasteiger partial charge in [0, 0.05) is 17.5 Å². The summed E-state index contributed by atoms with van der Waals surface area (Å²) in [6.07, 6.45) is -1.27. The van der Waals surface area contributed by atoms with Crippen molar-refractivity contribution in [3.05, 3.63) is 35.5 Å². The summed E-state index contributed by atoms with van der Waals surface area (Å²) in [5.74, 6) is 0. The van der Waals surface area contributed by atoms with Crippen LogP contribution in [-0.4, -0.2) is 4.98 Å². The Morgan fingerprint density at radius 1 is 1.55 bits per heavy atom. The van der Waals surface area contributed by atoms with Crippen LogP contribution in [0.15, 0.2) is 12.3 Å². The zero-order valence-corrected chi connectivity index (χ0v) is 6.28. The number of halogens is 3. The minimum atomic E-state index is -2.56. The summed E-state index contributed by atoms with van der Waals surface area (Å²) in [6.45, 7) is 3.33. The van der Waals surface area contributed by atoms with Crippen LogP contribution in [-0.2, 0) is 0 Å². The molecule has 0 unspecified atom stereocenters. The molecule has 0 spiro atoms. The van der Waals surface area contributed by atoms with Crippen molar-refractivity contribution in [3.63, 3.8) is 0 Å². The van der Waals surface area contributed by atoms with Gasteiger partial charge in [0.2, 0.25) is 0 Å². The van der Waals surface area contributed by atoms with Gasteiger partial charge in [0.1, 0.15) is 0 Å². The maximum absolute atomic E-state index is 12.1. The first-order valence-electron chi connectivity index (χ1n) is 2.87. The van der Waals surface area contributed by atoms with Gasteiger partial charge in [-0.15, -0.1) is 0 Å². The van der Waals surface area contributed by atoms with E-state index in [0.29, 0.717) is 0 Å². The number of aromatic nitrogens is 1. The molecule has 0 atom stereocenters. The van der Waals surface area contributed by atoms with Gasteiger partial charge in [0.25, 0.3) is 6.43 Å². The number of alkyl halides is 2. The molecule has 0 bridgehead atoms. The Bertz CT molecular complexity index is 263. The van der Waals surface area contributed by atoms with E-state index in [4.69, 9.17) is 11.6 Å². The fourth-order valence-corrected chi connectivity index (χ4v) is 0.839. The van der Waals surface area contributed by atoms with E-state index in [1.807, 2.05) is 0 Å². The molecule has 0 aliphatic heterocycles. The molecule has 1 heterocycles. The van der Waals surface area contributed by atoms with Crippen LogP contribution in [0.25, 0.3) is 0 Å². The largest absolute Gasteiger partial charge is 0.265 e. The Labute approximate surface area is 68.0 Å². The fraction of sp³-hybridized carbons (Fsp3) is 0.143. The van der Waals surface area contributed by atoms with Gasteiger partial charge in [-0.05, 0) is 13.0 Å². The summed E-state index contributed by atoms with van der Waals surface area (Å²) in [5.41, 5.74) is -0.137. The first-order chi connectivity index (χ1) is 5.11. The SMILES string of the molecule is [CH2]c1ncc(Cl)cc1C(F)F. The zero-order chi connectivity index (χ0) is 8.43. The Morgan fingerprint density at radius 2 is 2.18 bits per heavy atom. The Hall–Kier alpha value is -0.700. The third-order valence-electron chi connectivity index (χ3n) is 1.21. The second-order valence-corrected chi connectivity index (χ2v) is 2.43. The highest BCUT2D eigenvalue weighted by Crippen LogP contribution is 2.23. The maximum Gasteiger partial charge on any atom is 0.265 e. The summed E-state index contributed by atoms with van der Waals surface area (Å²) < 4.78 is 24.1. The fourth-order valence-electron chi connectivity index (χ4n) is 0.672. The van der Waals surface area contributed by atoms with Gasteiger partial charge in [-0.2, -0.15) is 0 Å². The molecule has 0 saturated heterocycles. The van der Waals surface area contributed by atoms with E-state index in [1.165, 1.54) is 12.3 Å². The van der Waals surface area contributed by atoms with Crippen LogP contribution in [0.2, 0.25) is 5.02 Å². The lowest BCUT2D eigenvalue weighted by atomic mass is 10.2. The van der Waals surface area contributed by atoms with Gasteiger partial charge in [0.15, 0.2) is 0 Å². The minimum absolute atomic E-state index is 0.0735. The summed E-state index contributed by atoms with van der Waals surface area (Å²) >= 11 is 5.44. The van der Waals surface area contributed by atoms with Gasteiger partial charge >= 0.3 is 0 Å². The van der Waals surface area contributed by atoms with E-state index in [1.54, 1.807) is 0 Å². The van der Waals surface area contributed by atoms with Crippen molar-refractivity contribution in [1.29, 1.82) is 0 Å². The quantitative estimate of drug-likeness (QED) is 0.641. The lowest BCUT2D eigenvalue weighted by Gasteiger charge is -2.02. The molecule has 4 heteroatoms. The molecule has 1 radical (unpaired) electrons. The van der Waals surface area contributed by atoms with Crippen molar-refractivity contribution in [2.45, 2.75) is 6.43 Å². The average molecular weight is 177 g/mol. The van der Waals surface area contributed by atoms with Crippen LogP contribution >= 0.6 is 11.6 Å². The number of pyridine rings is 1. The average Bonchev–Trinajstić information content (AvgIpc) is 1.94. The second kappa shape index (κ2) is 3.13. The van der Waals surface area contributed by atoms with Crippen molar-refractivity contribution in [2.75, 3.05) is 0 Å². The van der Waals surface area contributed by atoms with Crippen LogP contribution in [0.4, 0.5) is 8.78 Å². The molecule has 0 aromatic carbocycles. The van der Waals surface area contributed by atoms with E-state index in [-0.39, 0.29) is 16.3 Å².